The zero-order valence-electron chi connectivity index (χ0n) is 11.3. The molecule has 3 unspecified atom stereocenters. The van der Waals surface area contributed by atoms with Crippen LogP contribution in [0.25, 0.3) is 0 Å². The minimum atomic E-state index is -0.580. The predicted octanol–water partition coefficient (Wildman–Crippen LogP) is 1.56. The lowest BCUT2D eigenvalue weighted by Crippen LogP contribution is -2.46. The van der Waals surface area contributed by atoms with Crippen molar-refractivity contribution in [2.45, 2.75) is 57.6 Å². The van der Waals surface area contributed by atoms with Crippen molar-refractivity contribution in [3.05, 3.63) is 0 Å². The van der Waals surface area contributed by atoms with E-state index < -0.39 is 6.10 Å². The number of piperidine rings is 1. The Kier molecular flexibility index (Phi) is 5.01. The third-order valence-corrected chi connectivity index (χ3v) is 4.26. The van der Waals surface area contributed by atoms with Crippen molar-refractivity contribution >= 4 is 5.97 Å². The maximum atomic E-state index is 11.3. The summed E-state index contributed by atoms with van der Waals surface area (Å²) in [6.45, 7) is 3.87. The molecule has 1 N–H and O–H groups in total. The molecule has 0 aromatic carbocycles. The van der Waals surface area contributed by atoms with Crippen LogP contribution in [-0.4, -0.2) is 47.8 Å². The first kappa shape index (κ1) is 13.8. The molecule has 1 heterocycles. The van der Waals surface area contributed by atoms with Crippen LogP contribution in [0.15, 0.2) is 0 Å². The summed E-state index contributed by atoms with van der Waals surface area (Å²) in [6.07, 6.45) is 6.04. The molecule has 0 amide bonds. The van der Waals surface area contributed by atoms with Gasteiger partial charge in [0.25, 0.3) is 0 Å². The number of aliphatic hydroxyl groups excluding tert-OH is 1. The lowest BCUT2D eigenvalue weighted by atomic mass is 9.91. The first-order valence-electron chi connectivity index (χ1n) is 7.28. The Morgan fingerprint density at radius 3 is 2.94 bits per heavy atom. The summed E-state index contributed by atoms with van der Waals surface area (Å²) in [5.41, 5.74) is 0. The molecular formula is C14H25NO3. The van der Waals surface area contributed by atoms with Gasteiger partial charge in [-0.25, -0.2) is 0 Å². The number of likely N-dealkylation sites (tertiary alicyclic amines) is 1. The maximum Gasteiger partial charge on any atom is 0.308 e. The molecule has 2 rings (SSSR count). The van der Waals surface area contributed by atoms with Crippen molar-refractivity contribution in [2.24, 2.45) is 5.92 Å². The summed E-state index contributed by atoms with van der Waals surface area (Å²) >= 11 is 0. The van der Waals surface area contributed by atoms with Gasteiger partial charge in [0.05, 0.1) is 19.1 Å². The average Bonchev–Trinajstić information content (AvgIpc) is 2.78. The van der Waals surface area contributed by atoms with E-state index in [1.807, 2.05) is 0 Å². The van der Waals surface area contributed by atoms with Crippen molar-refractivity contribution in [1.82, 2.24) is 4.90 Å². The molecule has 0 aromatic heterocycles. The van der Waals surface area contributed by atoms with Gasteiger partial charge in [-0.1, -0.05) is 6.42 Å². The lowest BCUT2D eigenvalue weighted by Gasteiger charge is -2.38. The number of rotatable bonds is 5. The Balaban J connectivity index is 1.79. The summed E-state index contributed by atoms with van der Waals surface area (Å²) in [6, 6.07) is 0.649. The van der Waals surface area contributed by atoms with E-state index in [0.29, 0.717) is 19.2 Å². The highest BCUT2D eigenvalue weighted by molar-refractivity contribution is 5.69. The Hall–Kier alpha value is -0.610. The van der Waals surface area contributed by atoms with E-state index in [4.69, 9.17) is 4.74 Å². The topological polar surface area (TPSA) is 49.8 Å². The zero-order chi connectivity index (χ0) is 13.0. The molecular weight excluding hydrogens is 230 g/mol. The summed E-state index contributed by atoms with van der Waals surface area (Å²) in [5.74, 6) is 0.540. The number of fused-ring (bicyclic) bond motifs is 1. The second-order valence-corrected chi connectivity index (χ2v) is 5.56. The van der Waals surface area contributed by atoms with Gasteiger partial charge >= 0.3 is 5.97 Å². The first-order valence-corrected chi connectivity index (χ1v) is 7.28. The Labute approximate surface area is 109 Å². The maximum absolute atomic E-state index is 11.3. The molecule has 0 bridgehead atoms. The van der Waals surface area contributed by atoms with Crippen molar-refractivity contribution in [3.63, 3.8) is 0 Å². The molecule has 2 aliphatic rings. The highest BCUT2D eigenvalue weighted by Crippen LogP contribution is 2.36. The van der Waals surface area contributed by atoms with E-state index in [1.165, 1.54) is 32.1 Å². The molecule has 104 valence electrons. The summed E-state index contributed by atoms with van der Waals surface area (Å²) in [4.78, 5) is 13.7. The molecule has 18 heavy (non-hydrogen) atoms. The predicted molar refractivity (Wildman–Crippen MR) is 69.2 cm³/mol. The van der Waals surface area contributed by atoms with E-state index in [2.05, 4.69) is 4.90 Å². The van der Waals surface area contributed by atoms with Crippen LogP contribution in [-0.2, 0) is 9.53 Å². The fourth-order valence-corrected chi connectivity index (χ4v) is 3.53. The third-order valence-electron chi connectivity index (χ3n) is 4.26. The number of hydrogen-bond donors (Lipinski definition) is 1. The Bertz CT molecular complexity index is 282. The highest BCUT2D eigenvalue weighted by Gasteiger charge is 2.35. The molecule has 0 aromatic rings. The normalized spacial score (nSPS) is 29.9. The van der Waals surface area contributed by atoms with Crippen LogP contribution in [0.5, 0.6) is 0 Å². The van der Waals surface area contributed by atoms with E-state index >= 15 is 0 Å². The summed E-state index contributed by atoms with van der Waals surface area (Å²) in [7, 11) is 0. The Morgan fingerprint density at radius 1 is 1.39 bits per heavy atom. The van der Waals surface area contributed by atoms with Crippen LogP contribution < -0.4 is 0 Å². The fraction of sp³-hybridized carbons (Fsp3) is 0.929. The SMILES string of the molecule is CCOC(=O)CC(O)CN1CCCC2CCCC21. The van der Waals surface area contributed by atoms with Gasteiger partial charge in [-0.15, -0.1) is 0 Å². The molecule has 1 aliphatic carbocycles. The largest absolute Gasteiger partial charge is 0.466 e. The smallest absolute Gasteiger partial charge is 0.308 e. The number of esters is 1. The van der Waals surface area contributed by atoms with Gasteiger partial charge in [0.2, 0.25) is 0 Å². The molecule has 1 saturated heterocycles. The van der Waals surface area contributed by atoms with Gasteiger partial charge in [-0.05, 0) is 45.1 Å². The quantitative estimate of drug-likeness (QED) is 0.758. The lowest BCUT2D eigenvalue weighted by molar-refractivity contribution is -0.145. The molecule has 3 atom stereocenters. The standard InChI is InChI=1S/C14H25NO3/c1-2-18-14(17)9-12(16)10-15-8-4-6-11-5-3-7-13(11)15/h11-13,16H,2-10H2,1H3. The number of aliphatic hydroxyl groups is 1. The van der Waals surface area contributed by atoms with Gasteiger partial charge in [-0.2, -0.15) is 0 Å². The average molecular weight is 255 g/mol. The van der Waals surface area contributed by atoms with E-state index in [1.54, 1.807) is 6.92 Å². The third kappa shape index (κ3) is 3.45. The minimum absolute atomic E-state index is 0.127. The van der Waals surface area contributed by atoms with Gasteiger partial charge in [0, 0.05) is 12.6 Å². The van der Waals surface area contributed by atoms with Gasteiger partial charge < -0.3 is 9.84 Å². The highest BCUT2D eigenvalue weighted by atomic mass is 16.5. The van der Waals surface area contributed by atoms with Gasteiger partial charge in [0.1, 0.15) is 0 Å². The number of nitrogens with zero attached hydrogens (tertiary/aromatic N) is 1. The van der Waals surface area contributed by atoms with Crippen molar-refractivity contribution in [2.75, 3.05) is 19.7 Å². The summed E-state index contributed by atoms with van der Waals surface area (Å²) in [5, 5.41) is 9.98. The Morgan fingerprint density at radius 2 is 2.17 bits per heavy atom. The van der Waals surface area contributed by atoms with Gasteiger partial charge in [0.15, 0.2) is 0 Å². The van der Waals surface area contributed by atoms with Crippen LogP contribution in [0.1, 0.15) is 45.4 Å². The second kappa shape index (κ2) is 6.53. The molecule has 2 fully saturated rings. The fourth-order valence-electron chi connectivity index (χ4n) is 3.53. The van der Waals surface area contributed by atoms with Crippen molar-refractivity contribution in [3.8, 4) is 0 Å². The number of β-amino-alcohol motifs (C(OH)–C–C–N with tert-alkyl or cyclic N) is 1. The molecule has 0 radical (unpaired) electrons. The molecule has 4 nitrogen and oxygen atoms in total. The van der Waals surface area contributed by atoms with Crippen molar-refractivity contribution < 1.29 is 14.6 Å². The van der Waals surface area contributed by atoms with E-state index in [-0.39, 0.29) is 12.4 Å². The second-order valence-electron chi connectivity index (χ2n) is 5.56. The minimum Gasteiger partial charge on any atom is -0.466 e. The zero-order valence-corrected chi connectivity index (χ0v) is 11.3. The number of hydrogen-bond acceptors (Lipinski definition) is 4. The molecule has 1 saturated carbocycles. The summed E-state index contributed by atoms with van der Waals surface area (Å²) < 4.78 is 4.87. The van der Waals surface area contributed by atoms with Crippen LogP contribution in [0.4, 0.5) is 0 Å². The number of ether oxygens (including phenoxy) is 1. The van der Waals surface area contributed by atoms with Crippen LogP contribution in [0, 0.1) is 5.92 Å². The van der Waals surface area contributed by atoms with E-state index in [9.17, 15) is 9.90 Å². The molecule has 4 heteroatoms. The monoisotopic (exact) mass is 255 g/mol. The van der Waals surface area contributed by atoms with Crippen LogP contribution in [0.2, 0.25) is 0 Å². The van der Waals surface area contributed by atoms with Crippen LogP contribution >= 0.6 is 0 Å². The van der Waals surface area contributed by atoms with Crippen molar-refractivity contribution in [1.29, 1.82) is 0 Å². The van der Waals surface area contributed by atoms with E-state index in [0.717, 1.165) is 12.5 Å². The number of carbonyl (C=O) groups is 1. The van der Waals surface area contributed by atoms with Gasteiger partial charge in [-0.3, -0.25) is 9.69 Å². The molecule has 0 spiro atoms. The first-order chi connectivity index (χ1) is 8.70. The number of carbonyl (C=O) groups excluding carboxylic acids is 1. The van der Waals surface area contributed by atoms with Crippen LogP contribution in [0.3, 0.4) is 0 Å². The molecule has 1 aliphatic heterocycles.